The third-order valence-electron chi connectivity index (χ3n) is 16.7. The molecule has 2 atom stereocenters. The fraction of sp³-hybridized carbons (Fsp3) is 0.971. The summed E-state index contributed by atoms with van der Waals surface area (Å²) in [6.07, 6.45) is 79.4. The van der Waals surface area contributed by atoms with Crippen molar-refractivity contribution in [1.82, 2.24) is 0 Å². The van der Waals surface area contributed by atoms with Crippen LogP contribution in [-0.4, -0.2) is 49.3 Å². The summed E-state index contributed by atoms with van der Waals surface area (Å²) in [5.41, 5.74) is 5.40. The van der Waals surface area contributed by atoms with E-state index in [1.54, 1.807) is 0 Å². The molecule has 0 fully saturated rings. The zero-order chi connectivity index (χ0) is 58.0. The Balaban J connectivity index is 3.75. The lowest BCUT2D eigenvalue weighted by Crippen LogP contribution is -2.29. The van der Waals surface area contributed by atoms with E-state index in [0.29, 0.717) is 12.8 Å². The van der Waals surface area contributed by atoms with Gasteiger partial charge in [0.05, 0.1) is 13.2 Å². The van der Waals surface area contributed by atoms with Crippen molar-refractivity contribution >= 4 is 19.8 Å². The average Bonchev–Trinajstić information content (AvgIpc) is 3.45. The van der Waals surface area contributed by atoms with Crippen molar-refractivity contribution < 1.29 is 37.6 Å². The molecule has 0 heterocycles. The molecule has 0 aromatic heterocycles. The Morgan fingerprint density at radius 1 is 0.325 bits per heavy atom. The van der Waals surface area contributed by atoms with Crippen LogP contribution in [0.15, 0.2) is 0 Å². The lowest BCUT2D eigenvalue weighted by atomic mass is 10.0. The summed E-state index contributed by atoms with van der Waals surface area (Å²) in [6, 6.07) is 0. The fourth-order valence-corrected chi connectivity index (χ4v) is 12.2. The number of carbonyl (C=O) groups is 2. The van der Waals surface area contributed by atoms with E-state index in [2.05, 4.69) is 13.8 Å². The molecule has 9 nitrogen and oxygen atoms in total. The Morgan fingerprint density at radius 3 is 0.762 bits per heavy atom. The van der Waals surface area contributed by atoms with Gasteiger partial charge in [-0.05, 0) is 12.8 Å². The van der Waals surface area contributed by atoms with E-state index in [4.69, 9.17) is 24.3 Å². The molecule has 0 amide bonds. The van der Waals surface area contributed by atoms with Gasteiger partial charge in [0.15, 0.2) is 6.10 Å². The molecule has 0 aliphatic heterocycles. The number of nitrogens with two attached hydrogens (primary N) is 1. The van der Waals surface area contributed by atoms with Crippen LogP contribution in [0.5, 0.6) is 0 Å². The normalized spacial score (nSPS) is 12.8. The largest absolute Gasteiger partial charge is 0.472 e. The molecule has 0 aliphatic carbocycles. The van der Waals surface area contributed by atoms with Crippen molar-refractivity contribution in [2.45, 2.75) is 412 Å². The van der Waals surface area contributed by atoms with Gasteiger partial charge in [0.1, 0.15) is 6.61 Å². The number of phosphoric ester groups is 1. The van der Waals surface area contributed by atoms with Crippen molar-refractivity contribution in [3.05, 3.63) is 0 Å². The van der Waals surface area contributed by atoms with Crippen LogP contribution in [0.4, 0.5) is 0 Å². The van der Waals surface area contributed by atoms with Gasteiger partial charge in [0.25, 0.3) is 0 Å². The number of carbonyl (C=O) groups excluding carboxylic acids is 2. The minimum absolute atomic E-state index is 0.0588. The molecule has 2 unspecified atom stereocenters. The number of phosphoric acid groups is 1. The molecule has 0 saturated carbocycles. The van der Waals surface area contributed by atoms with Crippen molar-refractivity contribution in [3.8, 4) is 0 Å². The quantitative estimate of drug-likeness (QED) is 0.0347. The lowest BCUT2D eigenvalue weighted by molar-refractivity contribution is -0.161. The number of ether oxygens (including phenoxy) is 2. The zero-order valence-corrected chi connectivity index (χ0v) is 54.8. The van der Waals surface area contributed by atoms with Crippen LogP contribution in [0.1, 0.15) is 406 Å². The van der Waals surface area contributed by atoms with Gasteiger partial charge in [-0.25, -0.2) is 4.57 Å². The summed E-state index contributed by atoms with van der Waals surface area (Å²) in [6.45, 7) is 3.85. The van der Waals surface area contributed by atoms with Crippen LogP contribution in [0.25, 0.3) is 0 Å². The van der Waals surface area contributed by atoms with Gasteiger partial charge in [0.2, 0.25) is 0 Å². The molecule has 0 aromatic carbocycles. The highest BCUT2D eigenvalue weighted by molar-refractivity contribution is 7.47. The summed E-state index contributed by atoms with van der Waals surface area (Å²) >= 11 is 0. The maximum atomic E-state index is 12.8. The second-order valence-corrected chi connectivity index (χ2v) is 26.3. The second kappa shape index (κ2) is 67.1. The highest BCUT2D eigenvalue weighted by Crippen LogP contribution is 2.43. The standard InChI is InChI=1S/C70H140NO8P/c1-3-5-7-9-11-13-15-17-19-21-23-25-27-28-29-30-31-32-33-34-35-36-37-38-39-41-43-45-47-49-51-53-55-57-59-61-63-70(73)79-68(67-78-80(74,75)77-65-64-71)66-76-69(72)62-60-58-56-54-52-50-48-46-44-42-40-26-24-22-20-18-16-14-12-10-8-6-4-2/h68H,3-67,71H2,1-2H3,(H,74,75). The highest BCUT2D eigenvalue weighted by atomic mass is 31.2. The third kappa shape index (κ3) is 66.2. The first-order valence-corrected chi connectivity index (χ1v) is 37.5. The molecule has 0 rings (SSSR count). The summed E-state index contributed by atoms with van der Waals surface area (Å²) in [5.74, 6) is -0.797. The van der Waals surface area contributed by atoms with Gasteiger partial charge < -0.3 is 20.1 Å². The minimum Gasteiger partial charge on any atom is -0.462 e. The first-order chi connectivity index (χ1) is 39.3. The van der Waals surface area contributed by atoms with E-state index in [0.717, 1.165) is 32.1 Å². The number of unbranched alkanes of at least 4 members (excludes halogenated alkanes) is 57. The Morgan fingerprint density at radius 2 is 0.537 bits per heavy atom. The van der Waals surface area contributed by atoms with Crippen molar-refractivity contribution in [2.24, 2.45) is 5.73 Å². The zero-order valence-electron chi connectivity index (χ0n) is 53.9. The smallest absolute Gasteiger partial charge is 0.462 e. The predicted octanol–water partition coefficient (Wildman–Crippen LogP) is 23.4. The van der Waals surface area contributed by atoms with Crippen molar-refractivity contribution in [2.75, 3.05) is 26.4 Å². The molecule has 3 N–H and O–H groups in total. The average molecular weight is 1150 g/mol. The van der Waals surface area contributed by atoms with E-state index in [1.165, 1.54) is 340 Å². The van der Waals surface area contributed by atoms with Crippen LogP contribution in [0, 0.1) is 0 Å². The molecule has 0 saturated heterocycles. The van der Waals surface area contributed by atoms with Crippen LogP contribution < -0.4 is 5.73 Å². The topological polar surface area (TPSA) is 134 Å². The van der Waals surface area contributed by atoms with Gasteiger partial charge in [-0.2, -0.15) is 0 Å². The number of hydrogen-bond acceptors (Lipinski definition) is 8. The summed E-state index contributed by atoms with van der Waals surface area (Å²) < 4.78 is 33.2. The molecule has 0 aliphatic rings. The van der Waals surface area contributed by atoms with E-state index < -0.39 is 26.5 Å². The van der Waals surface area contributed by atoms with E-state index in [9.17, 15) is 19.0 Å². The van der Waals surface area contributed by atoms with E-state index in [-0.39, 0.29) is 32.1 Å². The molecular formula is C70H140NO8P. The predicted molar refractivity (Wildman–Crippen MR) is 345 cm³/mol. The summed E-state index contributed by atoms with van der Waals surface area (Å²) in [4.78, 5) is 35.3. The number of esters is 2. The molecular weight excluding hydrogens is 1010 g/mol. The molecule has 0 aromatic rings. The monoisotopic (exact) mass is 1150 g/mol. The van der Waals surface area contributed by atoms with Gasteiger partial charge in [-0.15, -0.1) is 0 Å². The van der Waals surface area contributed by atoms with Crippen LogP contribution in [0.2, 0.25) is 0 Å². The minimum atomic E-state index is -4.39. The van der Waals surface area contributed by atoms with E-state index >= 15 is 0 Å². The van der Waals surface area contributed by atoms with Gasteiger partial charge in [-0.3, -0.25) is 18.6 Å². The Bertz CT molecular complexity index is 1270. The molecule has 80 heavy (non-hydrogen) atoms. The first kappa shape index (κ1) is 79.0. The Hall–Kier alpha value is -0.990. The summed E-state index contributed by atoms with van der Waals surface area (Å²) in [7, 11) is -4.39. The molecule has 0 radical (unpaired) electrons. The maximum absolute atomic E-state index is 12.8. The van der Waals surface area contributed by atoms with Gasteiger partial charge in [-0.1, -0.05) is 380 Å². The van der Waals surface area contributed by atoms with Crippen LogP contribution in [-0.2, 0) is 32.7 Å². The summed E-state index contributed by atoms with van der Waals surface area (Å²) in [5, 5.41) is 0. The second-order valence-electron chi connectivity index (χ2n) is 24.8. The third-order valence-corrected chi connectivity index (χ3v) is 17.7. The van der Waals surface area contributed by atoms with Crippen molar-refractivity contribution in [1.29, 1.82) is 0 Å². The maximum Gasteiger partial charge on any atom is 0.472 e. The van der Waals surface area contributed by atoms with Crippen molar-refractivity contribution in [3.63, 3.8) is 0 Å². The fourth-order valence-electron chi connectivity index (χ4n) is 11.4. The van der Waals surface area contributed by atoms with E-state index in [1.807, 2.05) is 0 Å². The van der Waals surface area contributed by atoms with Gasteiger partial charge >= 0.3 is 19.8 Å². The molecule has 10 heteroatoms. The molecule has 0 bridgehead atoms. The van der Waals surface area contributed by atoms with Crippen LogP contribution in [0.3, 0.4) is 0 Å². The highest BCUT2D eigenvalue weighted by Gasteiger charge is 2.26. The lowest BCUT2D eigenvalue weighted by Gasteiger charge is -2.19. The van der Waals surface area contributed by atoms with Gasteiger partial charge in [0, 0.05) is 19.4 Å². The first-order valence-electron chi connectivity index (χ1n) is 36.0. The number of hydrogen-bond donors (Lipinski definition) is 2. The Kier molecular flexibility index (Phi) is 66.3. The number of rotatable bonds is 70. The van der Waals surface area contributed by atoms with Crippen LogP contribution >= 0.6 is 7.82 Å². The molecule has 478 valence electrons. The molecule has 0 spiro atoms. The Labute approximate surface area is 498 Å². The SMILES string of the molecule is CCCCCCCCCCCCCCCCCCCCCCCCCCCCCCCCCCCCCCC(=O)OC(COC(=O)CCCCCCCCCCCCCCCCCCCCCCCCC)COP(=O)(O)OCCN.